The zero-order valence-corrected chi connectivity index (χ0v) is 14.8. The molecule has 2 N–H and O–H groups in total. The number of carbonyl (C=O) groups excluding carboxylic acids is 1. The van der Waals surface area contributed by atoms with Gasteiger partial charge in [-0.15, -0.1) is 0 Å². The molecule has 0 bridgehead atoms. The Morgan fingerprint density at radius 2 is 1.96 bits per heavy atom. The lowest BCUT2D eigenvalue weighted by Gasteiger charge is -2.33. The number of amides is 1. The fraction of sp³-hybridized carbons (Fsp3) is 0.526. The molecule has 1 atom stereocenters. The molecule has 1 amide bonds. The summed E-state index contributed by atoms with van der Waals surface area (Å²) in [7, 11) is 0. The monoisotopic (exact) mass is 332 g/mol. The van der Waals surface area contributed by atoms with Crippen molar-refractivity contribution in [3.8, 4) is 0 Å². The number of nitrogens with zero attached hydrogens (tertiary/aromatic N) is 1. The van der Waals surface area contributed by atoms with E-state index in [0.29, 0.717) is 25.3 Å². The van der Waals surface area contributed by atoms with E-state index >= 15 is 0 Å². The summed E-state index contributed by atoms with van der Waals surface area (Å²) in [6, 6.07) is 8.01. The Hall–Kier alpha value is -1.69. The Kier molecular flexibility index (Phi) is 6.54. The predicted molar refractivity (Wildman–Crippen MR) is 95.7 cm³/mol. The molecular weight excluding hydrogens is 304 g/mol. The van der Waals surface area contributed by atoms with E-state index in [4.69, 9.17) is 4.74 Å². The molecule has 1 heterocycles. The molecule has 5 nitrogen and oxygen atoms in total. The van der Waals surface area contributed by atoms with Gasteiger partial charge in [0.2, 0.25) is 5.91 Å². The van der Waals surface area contributed by atoms with Gasteiger partial charge in [0, 0.05) is 31.8 Å². The fourth-order valence-electron chi connectivity index (χ4n) is 2.69. The van der Waals surface area contributed by atoms with E-state index in [-0.39, 0.29) is 12.5 Å². The second kappa shape index (κ2) is 8.42. The number of rotatable bonds is 6. The van der Waals surface area contributed by atoms with Crippen LogP contribution >= 0.6 is 0 Å². The van der Waals surface area contributed by atoms with Crippen LogP contribution in [-0.4, -0.2) is 60.9 Å². The Morgan fingerprint density at radius 3 is 2.58 bits per heavy atom. The maximum atomic E-state index is 12.2. The molecule has 1 aliphatic heterocycles. The van der Waals surface area contributed by atoms with E-state index in [1.807, 2.05) is 37.3 Å². The third-order valence-corrected chi connectivity index (χ3v) is 4.12. The summed E-state index contributed by atoms with van der Waals surface area (Å²) < 4.78 is 5.31. The highest BCUT2D eigenvalue weighted by atomic mass is 16.5. The molecule has 0 radical (unpaired) electrons. The Labute approximate surface area is 144 Å². The Morgan fingerprint density at radius 1 is 1.33 bits per heavy atom. The summed E-state index contributed by atoms with van der Waals surface area (Å²) in [5.41, 5.74) is 1.85. The summed E-state index contributed by atoms with van der Waals surface area (Å²) in [4.78, 5) is 14.4. The lowest BCUT2D eigenvalue weighted by molar-refractivity contribution is -0.118. The van der Waals surface area contributed by atoms with Crippen LogP contribution in [0.4, 0.5) is 0 Å². The number of morpholine rings is 1. The molecule has 0 aliphatic carbocycles. The number of β-amino-alcohol motifs (C(OH)–C–C–N with tert-alkyl or cyclic N) is 1. The van der Waals surface area contributed by atoms with Crippen LogP contribution in [0.15, 0.2) is 29.8 Å². The van der Waals surface area contributed by atoms with E-state index in [1.54, 1.807) is 13.8 Å². The third kappa shape index (κ3) is 6.07. The molecule has 1 aliphatic rings. The fourth-order valence-corrected chi connectivity index (χ4v) is 2.69. The van der Waals surface area contributed by atoms with Crippen molar-refractivity contribution in [1.82, 2.24) is 10.2 Å². The highest BCUT2D eigenvalue weighted by Crippen LogP contribution is 2.10. The molecule has 2 rings (SSSR count). The first-order valence-electron chi connectivity index (χ1n) is 8.41. The van der Waals surface area contributed by atoms with Crippen LogP contribution in [0.25, 0.3) is 6.08 Å². The zero-order chi connectivity index (χ0) is 17.6. The normalized spacial score (nSPS) is 18.9. The van der Waals surface area contributed by atoms with Crippen molar-refractivity contribution >= 4 is 12.0 Å². The Balaban J connectivity index is 1.85. The standard InChI is InChI=1S/C19H28N2O3/c1-15-4-6-17(7-5-15)12-16(2)18(22)20-13-19(3,23)14-21-8-10-24-11-9-21/h4-7,12,23H,8-11,13-14H2,1-3H3,(H,20,22)/b16-12-. The number of aryl methyl sites for hydroxylation is 1. The van der Waals surface area contributed by atoms with Crippen LogP contribution in [0, 0.1) is 6.92 Å². The van der Waals surface area contributed by atoms with Gasteiger partial charge in [-0.2, -0.15) is 0 Å². The zero-order valence-electron chi connectivity index (χ0n) is 14.8. The topological polar surface area (TPSA) is 61.8 Å². The molecule has 132 valence electrons. The summed E-state index contributed by atoms with van der Waals surface area (Å²) >= 11 is 0. The van der Waals surface area contributed by atoms with Gasteiger partial charge in [0.15, 0.2) is 0 Å². The first-order chi connectivity index (χ1) is 11.4. The van der Waals surface area contributed by atoms with E-state index in [9.17, 15) is 9.90 Å². The highest BCUT2D eigenvalue weighted by molar-refractivity contribution is 5.97. The van der Waals surface area contributed by atoms with Crippen molar-refractivity contribution < 1.29 is 14.6 Å². The molecule has 1 aromatic carbocycles. The van der Waals surface area contributed by atoms with E-state index < -0.39 is 5.60 Å². The third-order valence-electron chi connectivity index (χ3n) is 4.12. The van der Waals surface area contributed by atoms with Crippen LogP contribution in [-0.2, 0) is 9.53 Å². The molecule has 0 spiro atoms. The molecule has 1 saturated heterocycles. The number of ether oxygens (including phenoxy) is 1. The van der Waals surface area contributed by atoms with Crippen molar-refractivity contribution in [2.75, 3.05) is 39.4 Å². The lowest BCUT2D eigenvalue weighted by atomic mass is 10.1. The quantitative estimate of drug-likeness (QED) is 0.777. The van der Waals surface area contributed by atoms with Crippen LogP contribution < -0.4 is 5.32 Å². The predicted octanol–water partition coefficient (Wildman–Crippen LogP) is 1.60. The van der Waals surface area contributed by atoms with Crippen LogP contribution in [0.1, 0.15) is 25.0 Å². The van der Waals surface area contributed by atoms with Gasteiger partial charge in [0.1, 0.15) is 0 Å². The minimum absolute atomic E-state index is 0.155. The minimum Gasteiger partial charge on any atom is -0.387 e. The number of nitrogens with one attached hydrogen (secondary N) is 1. The molecule has 1 unspecified atom stereocenters. The molecule has 5 heteroatoms. The first kappa shape index (κ1) is 18.6. The highest BCUT2D eigenvalue weighted by Gasteiger charge is 2.25. The van der Waals surface area contributed by atoms with Gasteiger partial charge in [0.05, 0.1) is 18.8 Å². The van der Waals surface area contributed by atoms with E-state index in [1.165, 1.54) is 5.56 Å². The summed E-state index contributed by atoms with van der Waals surface area (Å²) in [5, 5.41) is 13.3. The van der Waals surface area contributed by atoms with Gasteiger partial charge in [-0.25, -0.2) is 0 Å². The average molecular weight is 332 g/mol. The molecule has 1 fully saturated rings. The Bertz CT molecular complexity index is 573. The molecule has 24 heavy (non-hydrogen) atoms. The number of carbonyl (C=O) groups is 1. The molecule has 0 saturated carbocycles. The SMILES string of the molecule is C/C(=C/c1ccc(C)cc1)C(=O)NCC(C)(O)CN1CCOCC1. The van der Waals surface area contributed by atoms with Crippen molar-refractivity contribution in [3.63, 3.8) is 0 Å². The maximum absolute atomic E-state index is 12.2. The van der Waals surface area contributed by atoms with Gasteiger partial charge < -0.3 is 15.2 Å². The van der Waals surface area contributed by atoms with Gasteiger partial charge in [-0.3, -0.25) is 9.69 Å². The second-order valence-electron chi connectivity index (χ2n) is 6.81. The first-order valence-corrected chi connectivity index (χ1v) is 8.41. The molecular formula is C19H28N2O3. The molecule has 0 aromatic heterocycles. The van der Waals surface area contributed by atoms with Crippen LogP contribution in [0.5, 0.6) is 0 Å². The van der Waals surface area contributed by atoms with Crippen molar-refractivity contribution in [2.24, 2.45) is 0 Å². The van der Waals surface area contributed by atoms with Crippen LogP contribution in [0.3, 0.4) is 0 Å². The second-order valence-corrected chi connectivity index (χ2v) is 6.81. The number of aliphatic hydroxyl groups is 1. The van der Waals surface area contributed by atoms with Crippen molar-refractivity contribution in [3.05, 3.63) is 41.0 Å². The van der Waals surface area contributed by atoms with Crippen LogP contribution in [0.2, 0.25) is 0 Å². The summed E-state index contributed by atoms with van der Waals surface area (Å²) in [6.45, 7) is 9.34. The van der Waals surface area contributed by atoms with Gasteiger partial charge in [-0.1, -0.05) is 29.8 Å². The lowest BCUT2D eigenvalue weighted by Crippen LogP contribution is -2.51. The number of hydrogen-bond donors (Lipinski definition) is 2. The smallest absolute Gasteiger partial charge is 0.247 e. The number of benzene rings is 1. The number of hydrogen-bond acceptors (Lipinski definition) is 4. The van der Waals surface area contributed by atoms with Gasteiger partial charge >= 0.3 is 0 Å². The largest absolute Gasteiger partial charge is 0.387 e. The van der Waals surface area contributed by atoms with E-state index in [2.05, 4.69) is 10.2 Å². The van der Waals surface area contributed by atoms with E-state index in [0.717, 1.165) is 18.7 Å². The van der Waals surface area contributed by atoms with Crippen molar-refractivity contribution in [1.29, 1.82) is 0 Å². The summed E-state index contributed by atoms with van der Waals surface area (Å²) in [5.74, 6) is -0.155. The molecule has 1 aromatic rings. The van der Waals surface area contributed by atoms with Crippen molar-refractivity contribution in [2.45, 2.75) is 26.4 Å². The minimum atomic E-state index is -0.961. The average Bonchev–Trinajstić information content (AvgIpc) is 2.55. The van der Waals surface area contributed by atoms with Gasteiger partial charge in [-0.05, 0) is 32.4 Å². The summed E-state index contributed by atoms with van der Waals surface area (Å²) in [6.07, 6.45) is 1.85. The maximum Gasteiger partial charge on any atom is 0.247 e. The van der Waals surface area contributed by atoms with Gasteiger partial charge in [0.25, 0.3) is 0 Å².